The lowest BCUT2D eigenvalue weighted by Crippen LogP contribution is -2.63. The molecule has 0 aliphatic carbocycles. The summed E-state index contributed by atoms with van der Waals surface area (Å²) in [5.74, 6) is 0.269. The summed E-state index contributed by atoms with van der Waals surface area (Å²) in [7, 11) is 0. The van der Waals surface area contributed by atoms with Gasteiger partial charge in [-0.1, -0.05) is 25.5 Å². The lowest BCUT2D eigenvalue weighted by Gasteiger charge is -2.50. The quantitative estimate of drug-likeness (QED) is 0.493. The summed E-state index contributed by atoms with van der Waals surface area (Å²) in [5, 5.41) is 20.0. The topological polar surface area (TPSA) is 90.6 Å². The smallest absolute Gasteiger partial charge is 0.408 e. The lowest BCUT2D eigenvalue weighted by atomic mass is 9.78. The molecule has 2 amide bonds. The lowest BCUT2D eigenvalue weighted by molar-refractivity contribution is -0.290. The number of ether oxygens (including phenoxy) is 1. The second-order valence-corrected chi connectivity index (χ2v) is 12.9. The van der Waals surface area contributed by atoms with Gasteiger partial charge in [0.15, 0.2) is 0 Å². The van der Waals surface area contributed by atoms with Gasteiger partial charge in [-0.3, -0.25) is 4.79 Å². The van der Waals surface area contributed by atoms with E-state index in [1.807, 2.05) is 75.3 Å². The molecule has 33 heavy (non-hydrogen) atoms. The van der Waals surface area contributed by atoms with E-state index in [-0.39, 0.29) is 18.0 Å². The molecule has 1 saturated heterocycles. The minimum absolute atomic E-state index is 0.0768. The molecule has 0 aromatic heterocycles. The highest BCUT2D eigenvalue weighted by molar-refractivity contribution is 5.84. The van der Waals surface area contributed by atoms with Crippen LogP contribution in [0.15, 0.2) is 11.6 Å². The van der Waals surface area contributed by atoms with Crippen LogP contribution in [-0.4, -0.2) is 45.8 Å². The predicted molar refractivity (Wildman–Crippen MR) is 132 cm³/mol. The molecule has 0 aromatic carbocycles. The van der Waals surface area contributed by atoms with E-state index in [1.54, 1.807) is 0 Å². The molecule has 1 radical (unpaired) electrons. The van der Waals surface area contributed by atoms with Gasteiger partial charge in [-0.2, -0.15) is 0 Å². The monoisotopic (exact) mass is 466 g/mol. The first kappa shape index (κ1) is 29.4. The van der Waals surface area contributed by atoms with E-state index in [4.69, 9.17) is 4.74 Å². The van der Waals surface area contributed by atoms with Crippen molar-refractivity contribution in [1.29, 1.82) is 0 Å². The molecule has 7 heteroatoms. The Morgan fingerprint density at radius 1 is 1.06 bits per heavy atom. The Labute approximate surface area is 201 Å². The van der Waals surface area contributed by atoms with Crippen LogP contribution in [0.1, 0.15) is 102 Å². The van der Waals surface area contributed by atoms with E-state index < -0.39 is 28.2 Å². The van der Waals surface area contributed by atoms with E-state index in [2.05, 4.69) is 24.5 Å². The molecule has 2 N–H and O–H groups in total. The molecule has 0 aromatic rings. The number of alkyl carbamates (subject to hydrolysis) is 1. The second kappa shape index (κ2) is 10.3. The van der Waals surface area contributed by atoms with Gasteiger partial charge in [0, 0.05) is 17.1 Å². The Morgan fingerprint density at radius 3 is 1.97 bits per heavy atom. The van der Waals surface area contributed by atoms with Gasteiger partial charge in [0.05, 0.1) is 11.5 Å². The summed E-state index contributed by atoms with van der Waals surface area (Å²) in [4.78, 5) is 25.7. The molecule has 191 valence electrons. The van der Waals surface area contributed by atoms with Gasteiger partial charge < -0.3 is 15.4 Å². The first-order chi connectivity index (χ1) is 14.7. The maximum atomic E-state index is 13.3. The summed E-state index contributed by atoms with van der Waals surface area (Å²) >= 11 is 0. The summed E-state index contributed by atoms with van der Waals surface area (Å²) in [6.45, 7) is 23.1. The third-order valence-corrected chi connectivity index (χ3v) is 6.05. The molecule has 1 aliphatic rings. The molecular formula is C26H48N3O4. The van der Waals surface area contributed by atoms with Crippen molar-refractivity contribution in [3.05, 3.63) is 11.6 Å². The van der Waals surface area contributed by atoms with Gasteiger partial charge in [-0.15, -0.1) is 10.3 Å². The number of carbonyl (C=O) groups excluding carboxylic acids is 2. The van der Waals surface area contributed by atoms with Crippen LogP contribution in [0.25, 0.3) is 0 Å². The van der Waals surface area contributed by atoms with Crippen LogP contribution in [0, 0.1) is 11.3 Å². The molecule has 1 rings (SSSR count). The highest BCUT2D eigenvalue weighted by Gasteiger charge is 2.47. The molecule has 0 saturated carbocycles. The van der Waals surface area contributed by atoms with Gasteiger partial charge in [0.1, 0.15) is 5.60 Å². The van der Waals surface area contributed by atoms with Crippen LogP contribution in [0.4, 0.5) is 4.79 Å². The summed E-state index contributed by atoms with van der Waals surface area (Å²) in [5.41, 5.74) is -1.53. The fraction of sp³-hybridized carbons (Fsp3) is 0.846. The number of carbonyl (C=O) groups is 2. The Kier molecular flexibility index (Phi) is 9.23. The minimum Gasteiger partial charge on any atom is -0.444 e. The van der Waals surface area contributed by atoms with Crippen molar-refractivity contribution in [1.82, 2.24) is 15.7 Å². The Bertz CT molecular complexity index is 714. The zero-order valence-electron chi connectivity index (χ0n) is 23.0. The largest absolute Gasteiger partial charge is 0.444 e. The van der Waals surface area contributed by atoms with Crippen molar-refractivity contribution in [3.8, 4) is 0 Å². The third-order valence-electron chi connectivity index (χ3n) is 6.05. The van der Waals surface area contributed by atoms with Crippen molar-refractivity contribution in [2.24, 2.45) is 11.3 Å². The van der Waals surface area contributed by atoms with E-state index in [0.29, 0.717) is 18.8 Å². The zero-order valence-corrected chi connectivity index (χ0v) is 23.0. The molecule has 1 atom stereocenters. The average molecular weight is 467 g/mol. The second-order valence-electron chi connectivity index (χ2n) is 12.9. The van der Waals surface area contributed by atoms with Gasteiger partial charge in [0.2, 0.25) is 5.91 Å². The number of hydrogen-bond donors (Lipinski definition) is 2. The number of rotatable bonds is 7. The normalized spacial score (nSPS) is 21.0. The van der Waals surface area contributed by atoms with Gasteiger partial charge in [-0.25, -0.2) is 4.79 Å². The van der Waals surface area contributed by atoms with E-state index in [0.717, 1.165) is 17.1 Å². The first-order valence-corrected chi connectivity index (χ1v) is 12.1. The fourth-order valence-corrected chi connectivity index (χ4v) is 4.75. The molecular weight excluding hydrogens is 418 g/mol. The molecule has 7 nitrogen and oxygen atoms in total. The highest BCUT2D eigenvalue weighted by Crippen LogP contribution is 2.37. The maximum Gasteiger partial charge on any atom is 0.408 e. The Balaban J connectivity index is 3.00. The van der Waals surface area contributed by atoms with Crippen molar-refractivity contribution in [2.45, 2.75) is 131 Å². The molecule has 0 spiro atoms. The molecule has 1 heterocycles. The SMILES string of the molecule is C/C(=C\C(C)(C)C(=O)NC1CC(C)(C)N([O])C(C)(C)C1)[C@H](CC(C)C)NC(=O)OC(C)(C)C. The van der Waals surface area contributed by atoms with Crippen molar-refractivity contribution >= 4 is 12.0 Å². The van der Waals surface area contributed by atoms with Crippen molar-refractivity contribution in [3.63, 3.8) is 0 Å². The van der Waals surface area contributed by atoms with Crippen molar-refractivity contribution in [2.75, 3.05) is 0 Å². The van der Waals surface area contributed by atoms with E-state index >= 15 is 0 Å². The summed E-state index contributed by atoms with van der Waals surface area (Å²) in [6.07, 6.45) is 3.41. The molecule has 1 fully saturated rings. The number of hydroxylamine groups is 2. The highest BCUT2D eigenvalue weighted by atomic mass is 16.6. The Hall–Kier alpha value is -1.60. The number of amides is 2. The van der Waals surface area contributed by atoms with Crippen LogP contribution in [0.3, 0.4) is 0 Å². The van der Waals surface area contributed by atoms with Crippen LogP contribution in [-0.2, 0) is 14.7 Å². The third kappa shape index (κ3) is 8.93. The summed E-state index contributed by atoms with van der Waals surface area (Å²) in [6, 6.07) is -0.305. The fourth-order valence-electron chi connectivity index (χ4n) is 4.75. The van der Waals surface area contributed by atoms with Crippen molar-refractivity contribution < 1.29 is 19.5 Å². The maximum absolute atomic E-state index is 13.3. The number of nitrogens with zero attached hydrogens (tertiary/aromatic N) is 1. The van der Waals surface area contributed by atoms with Crippen LogP contribution >= 0.6 is 0 Å². The molecule has 0 bridgehead atoms. The molecule has 1 aliphatic heterocycles. The standard InChI is InChI=1S/C26H48N3O4/c1-17(2)13-20(28-22(31)33-23(4,5)6)18(3)14-24(7,8)21(30)27-19-15-25(9,10)29(32)26(11,12)16-19/h14,17,19-20H,13,15-16H2,1-12H3,(H,27,30)(H,28,31)/b18-14+/t20-/m0/s1. The van der Waals surface area contributed by atoms with Gasteiger partial charge in [-0.05, 0) is 94.4 Å². The van der Waals surface area contributed by atoms with Gasteiger partial charge in [0.25, 0.3) is 0 Å². The predicted octanol–water partition coefficient (Wildman–Crippen LogP) is 5.38. The van der Waals surface area contributed by atoms with Crippen LogP contribution in [0.2, 0.25) is 0 Å². The van der Waals surface area contributed by atoms with E-state index in [1.165, 1.54) is 0 Å². The number of nitrogens with one attached hydrogen (secondary N) is 2. The average Bonchev–Trinajstić information content (AvgIpc) is 2.55. The molecule has 0 unspecified atom stereocenters. The summed E-state index contributed by atoms with van der Waals surface area (Å²) < 4.78 is 5.44. The van der Waals surface area contributed by atoms with Crippen LogP contribution in [0.5, 0.6) is 0 Å². The Morgan fingerprint density at radius 2 is 1.55 bits per heavy atom. The van der Waals surface area contributed by atoms with Crippen LogP contribution < -0.4 is 10.6 Å². The van der Waals surface area contributed by atoms with E-state index in [9.17, 15) is 14.8 Å². The first-order valence-electron chi connectivity index (χ1n) is 12.1. The van der Waals surface area contributed by atoms with Gasteiger partial charge >= 0.3 is 6.09 Å². The number of hydrogen-bond acceptors (Lipinski definition) is 4. The zero-order chi connectivity index (χ0) is 26.0. The minimum atomic E-state index is -0.780. The number of piperidine rings is 1.